The van der Waals surface area contributed by atoms with Crippen LogP contribution in [0.15, 0.2) is 85.0 Å². The second kappa shape index (κ2) is 17.8. The molecule has 0 fully saturated rings. The molecule has 0 bridgehead atoms. The summed E-state index contributed by atoms with van der Waals surface area (Å²) in [6.07, 6.45) is 10.0. The first kappa shape index (κ1) is 42.9. The zero-order valence-electron chi connectivity index (χ0n) is 28.6. The monoisotopic (exact) mass is 832 g/mol. The van der Waals surface area contributed by atoms with Gasteiger partial charge in [0.2, 0.25) is 0 Å². The summed E-state index contributed by atoms with van der Waals surface area (Å²) in [7, 11) is 0. The Hall–Kier alpha value is -1.28. The molecule has 0 aliphatic heterocycles. The van der Waals surface area contributed by atoms with Gasteiger partial charge in [0.25, 0.3) is 0 Å². The van der Waals surface area contributed by atoms with Gasteiger partial charge in [-0.15, -0.1) is 46.2 Å². The van der Waals surface area contributed by atoms with Crippen molar-refractivity contribution in [3.8, 4) is 0 Å². The van der Waals surface area contributed by atoms with Crippen molar-refractivity contribution in [1.29, 1.82) is 0 Å². The van der Waals surface area contributed by atoms with E-state index in [0.29, 0.717) is 20.1 Å². The summed E-state index contributed by atoms with van der Waals surface area (Å²) in [5, 5.41) is 8.06. The second-order valence-electron chi connectivity index (χ2n) is 13.7. The fourth-order valence-corrected chi connectivity index (χ4v) is 7.51. The van der Waals surface area contributed by atoms with Gasteiger partial charge in [-0.1, -0.05) is 76.9 Å². The molecule has 0 radical (unpaired) electrons. The molecule has 1 aliphatic rings. The van der Waals surface area contributed by atoms with Crippen molar-refractivity contribution in [2.24, 2.45) is 0 Å². The van der Waals surface area contributed by atoms with E-state index < -0.39 is 0 Å². The molecule has 5 aromatic rings. The predicted octanol–water partition coefficient (Wildman–Crippen LogP) is 7.65. The van der Waals surface area contributed by atoms with E-state index in [2.05, 4.69) is 96.2 Å². The molecule has 6 rings (SSSR count). The van der Waals surface area contributed by atoms with Gasteiger partial charge in [0, 0.05) is 0 Å². The van der Waals surface area contributed by atoms with Crippen LogP contribution in [0.5, 0.6) is 0 Å². The van der Waals surface area contributed by atoms with Gasteiger partial charge in [-0.05, 0) is 10.8 Å². The van der Waals surface area contributed by atoms with Crippen molar-refractivity contribution in [3.63, 3.8) is 0 Å². The molecule has 0 spiro atoms. The standard InChI is InChI=1S/C21H25.C15H10Cl4.C5H5.2ClH.Zr/c1-20(2,3)16-7-9-18-14(12-16)11-15-13-17(21(4,5)6)8-10-19(15)18;1-8-10(4-12(16)6-14(8)18)3-11-5-13(17)7-15(19)9(11)2;1-2-4-5-3-1;;;/h7-13H,1-6H3;4-7H,1-2H3;1-3H,4H2;2*1H;/q-1;;-1;;;+2/p-2. The van der Waals surface area contributed by atoms with Gasteiger partial charge in [0.05, 0.1) is 0 Å². The zero-order valence-corrected chi connectivity index (χ0v) is 35.6. The molecule has 0 unspecified atom stereocenters. The van der Waals surface area contributed by atoms with Crippen LogP contribution in [0.3, 0.4) is 0 Å². The molecule has 0 atom stereocenters. The van der Waals surface area contributed by atoms with Crippen LogP contribution in [0.25, 0.3) is 21.5 Å². The van der Waals surface area contributed by atoms with Gasteiger partial charge >= 0.3 is 154 Å². The van der Waals surface area contributed by atoms with E-state index in [1.54, 1.807) is 12.1 Å². The third-order valence-electron chi connectivity index (χ3n) is 8.18. The first-order valence-electron chi connectivity index (χ1n) is 15.3. The van der Waals surface area contributed by atoms with Crippen molar-refractivity contribution in [2.75, 3.05) is 0 Å². The third-order valence-corrected chi connectivity index (χ3v) is 10.7. The Morgan fingerprint density at radius 2 is 1.08 bits per heavy atom. The maximum absolute atomic E-state index is 6.21. The van der Waals surface area contributed by atoms with Crippen LogP contribution in [0.2, 0.25) is 20.1 Å². The van der Waals surface area contributed by atoms with Crippen LogP contribution in [-0.4, -0.2) is 3.21 Å². The molecule has 0 heterocycles. The topological polar surface area (TPSA) is 0 Å². The number of rotatable bonds is 2. The molecule has 0 N–H and O–H groups in total. The number of hydrogen-bond donors (Lipinski definition) is 0. The van der Waals surface area contributed by atoms with E-state index in [0.717, 1.165) is 31.9 Å². The Kier molecular flexibility index (Phi) is 15.9. The van der Waals surface area contributed by atoms with E-state index in [1.807, 2.05) is 38.1 Å². The molecule has 1 aliphatic carbocycles. The minimum absolute atomic E-state index is 0. The van der Waals surface area contributed by atoms with Gasteiger partial charge in [0.15, 0.2) is 0 Å². The number of fused-ring (bicyclic) bond motifs is 3. The minimum atomic E-state index is 0. The van der Waals surface area contributed by atoms with Crippen LogP contribution >= 0.6 is 46.4 Å². The van der Waals surface area contributed by atoms with Crippen molar-refractivity contribution in [1.82, 2.24) is 0 Å². The molecule has 252 valence electrons. The van der Waals surface area contributed by atoms with Crippen molar-refractivity contribution in [3.05, 3.63) is 145 Å². The third kappa shape index (κ3) is 10.6. The number of hydrogen-bond acceptors (Lipinski definition) is 0. The van der Waals surface area contributed by atoms with Gasteiger partial charge in [-0.2, -0.15) is 6.08 Å². The van der Waals surface area contributed by atoms with E-state index in [-0.39, 0.29) is 35.6 Å². The van der Waals surface area contributed by atoms with Gasteiger partial charge in [-0.3, -0.25) is 6.08 Å². The van der Waals surface area contributed by atoms with Gasteiger partial charge in [-0.25, -0.2) is 12.2 Å². The molecule has 0 nitrogen and oxygen atoms in total. The van der Waals surface area contributed by atoms with Crippen molar-refractivity contribution < 1.29 is 49.0 Å². The summed E-state index contributed by atoms with van der Waals surface area (Å²) in [5.74, 6) is 0. The van der Waals surface area contributed by atoms with Crippen LogP contribution in [0.4, 0.5) is 0 Å². The summed E-state index contributed by atoms with van der Waals surface area (Å²) in [6, 6.07) is 23.5. The minimum Gasteiger partial charge on any atom is -1.00 e. The summed E-state index contributed by atoms with van der Waals surface area (Å²) in [5.41, 5.74) is 7.33. The largest absolute Gasteiger partial charge is 1.00 e. The molecule has 0 saturated carbocycles. The van der Waals surface area contributed by atoms with E-state index in [4.69, 9.17) is 46.4 Å². The molecular weight excluding hydrogens is 796 g/mol. The maximum Gasteiger partial charge on any atom is -0.109 e. The van der Waals surface area contributed by atoms with Crippen LogP contribution in [0.1, 0.15) is 81.3 Å². The second-order valence-corrected chi connectivity index (χ2v) is 16.7. The fourth-order valence-electron chi connectivity index (χ4n) is 5.25. The zero-order chi connectivity index (χ0) is 34.0. The maximum atomic E-state index is 6.21. The Morgan fingerprint density at radius 1 is 0.667 bits per heavy atom. The smallest absolute Gasteiger partial charge is 0.109 e. The molecule has 5 aromatic carbocycles. The number of halogens is 6. The van der Waals surface area contributed by atoms with E-state index in [9.17, 15) is 0 Å². The van der Waals surface area contributed by atoms with Crippen molar-refractivity contribution in [2.45, 2.75) is 72.6 Å². The van der Waals surface area contributed by atoms with Crippen LogP contribution in [-0.2, 0) is 35.1 Å². The first-order chi connectivity index (χ1) is 21.5. The summed E-state index contributed by atoms with van der Waals surface area (Å²) >= 11 is 25.9. The molecule has 48 heavy (non-hydrogen) atoms. The van der Waals surface area contributed by atoms with E-state index >= 15 is 0 Å². The number of benzene rings is 4. The average molecular weight is 837 g/mol. The molecule has 0 saturated heterocycles. The first-order valence-corrected chi connectivity index (χ1v) is 18.1. The predicted molar refractivity (Wildman–Crippen MR) is 202 cm³/mol. The molecular formula is C41H40Cl6Zr-2. The fraction of sp³-hybridized carbons (Fsp3) is 0.268. The van der Waals surface area contributed by atoms with Crippen molar-refractivity contribution >= 4 is 71.2 Å². The molecule has 0 aromatic heterocycles. The molecule has 7 heteroatoms. The van der Waals surface area contributed by atoms with Crippen LogP contribution < -0.4 is 24.8 Å². The SMILES string of the molecule is CC(C)(C)c1ccc2c(c1)[cH-]c1cc(C(C)(C)C)ccc12.Cc1c(Cl)cc(Cl)cc1[C](=[Zr+2])c1cc(Cl)cc(Cl)c1C.[C-]1=CC=CC1.[Cl-].[Cl-]. The van der Waals surface area contributed by atoms with E-state index in [1.165, 1.54) is 56.9 Å². The normalized spacial score (nSPS) is 12.1. The van der Waals surface area contributed by atoms with Crippen LogP contribution in [0, 0.1) is 19.9 Å². The Bertz CT molecular complexity index is 1830. The quantitative estimate of drug-likeness (QED) is 0.161. The molecule has 0 amide bonds. The summed E-state index contributed by atoms with van der Waals surface area (Å²) < 4.78 is 1.14. The average Bonchev–Trinajstić information content (AvgIpc) is 3.67. The summed E-state index contributed by atoms with van der Waals surface area (Å²) in [4.78, 5) is 0. The Balaban J connectivity index is 0.000000281. The number of allylic oxidation sites excluding steroid dienone is 4. The Morgan fingerprint density at radius 3 is 1.40 bits per heavy atom. The van der Waals surface area contributed by atoms with Gasteiger partial charge in [0.1, 0.15) is 0 Å². The Labute approximate surface area is 334 Å². The summed E-state index contributed by atoms with van der Waals surface area (Å²) in [6.45, 7) is 17.6. The van der Waals surface area contributed by atoms with Gasteiger partial charge < -0.3 is 24.8 Å².